The fraction of sp³-hybridized carbons (Fsp3) is 0.588. The molecule has 0 radical (unpaired) electrons. The molecule has 0 aromatic carbocycles. The van der Waals surface area contributed by atoms with Crippen molar-refractivity contribution in [3.05, 3.63) is 30.0 Å². The number of aromatic nitrogens is 4. The van der Waals surface area contributed by atoms with E-state index in [0.717, 1.165) is 49.0 Å². The van der Waals surface area contributed by atoms with E-state index < -0.39 is 0 Å². The van der Waals surface area contributed by atoms with E-state index in [1.165, 1.54) is 0 Å². The maximum absolute atomic E-state index is 4.82. The molecule has 22 heavy (non-hydrogen) atoms. The second kappa shape index (κ2) is 6.16. The van der Waals surface area contributed by atoms with Gasteiger partial charge in [-0.05, 0) is 52.8 Å². The molecule has 0 N–H and O–H groups in total. The number of imidazole rings is 1. The van der Waals surface area contributed by atoms with Gasteiger partial charge in [-0.25, -0.2) is 15.0 Å². The van der Waals surface area contributed by atoms with Crippen molar-refractivity contribution in [1.29, 1.82) is 0 Å². The van der Waals surface area contributed by atoms with Crippen LogP contribution >= 0.6 is 0 Å². The van der Waals surface area contributed by atoms with Gasteiger partial charge < -0.3 is 9.47 Å². The molecule has 0 saturated carbocycles. The van der Waals surface area contributed by atoms with Gasteiger partial charge in [-0.15, -0.1) is 0 Å². The Kier molecular flexibility index (Phi) is 4.25. The Bertz CT molecular complexity index is 638. The summed E-state index contributed by atoms with van der Waals surface area (Å²) >= 11 is 0. The first-order valence-electron chi connectivity index (χ1n) is 8.12. The summed E-state index contributed by atoms with van der Waals surface area (Å²) in [5.74, 6) is 2.36. The van der Waals surface area contributed by atoms with Gasteiger partial charge in [-0.3, -0.25) is 0 Å². The minimum Gasteiger partial charge on any atom is -0.333 e. The zero-order valence-corrected chi connectivity index (χ0v) is 14.0. The Morgan fingerprint density at radius 2 is 1.91 bits per heavy atom. The summed E-state index contributed by atoms with van der Waals surface area (Å²) in [6.07, 6.45) is 6.05. The molecular weight excluding hydrogens is 274 g/mol. The SMILES string of the molecule is Cc1cc(-c2nccn2C)nc(C2CCN(C(C)C)CC2)n1. The van der Waals surface area contributed by atoms with Gasteiger partial charge in [-0.2, -0.15) is 0 Å². The number of piperidine rings is 1. The van der Waals surface area contributed by atoms with E-state index in [9.17, 15) is 0 Å². The monoisotopic (exact) mass is 299 g/mol. The van der Waals surface area contributed by atoms with Crippen LogP contribution in [0.4, 0.5) is 0 Å². The third kappa shape index (κ3) is 3.04. The maximum Gasteiger partial charge on any atom is 0.158 e. The van der Waals surface area contributed by atoms with Crippen LogP contribution in [0.2, 0.25) is 0 Å². The van der Waals surface area contributed by atoms with Gasteiger partial charge in [0.15, 0.2) is 5.82 Å². The summed E-state index contributed by atoms with van der Waals surface area (Å²) in [6, 6.07) is 2.65. The van der Waals surface area contributed by atoms with Gasteiger partial charge in [0.2, 0.25) is 0 Å². The molecule has 5 heteroatoms. The molecule has 3 heterocycles. The van der Waals surface area contributed by atoms with E-state index in [4.69, 9.17) is 9.97 Å². The second-order valence-corrected chi connectivity index (χ2v) is 6.52. The molecule has 0 amide bonds. The van der Waals surface area contributed by atoms with Crippen molar-refractivity contribution in [2.75, 3.05) is 13.1 Å². The average molecular weight is 299 g/mol. The van der Waals surface area contributed by atoms with Crippen LogP contribution in [0.25, 0.3) is 11.5 Å². The highest BCUT2D eigenvalue weighted by Crippen LogP contribution is 2.28. The zero-order valence-electron chi connectivity index (χ0n) is 14.0. The largest absolute Gasteiger partial charge is 0.333 e. The standard InChI is InChI=1S/C17H25N5/c1-12(2)22-8-5-14(6-9-22)16-19-13(3)11-15(20-16)17-18-7-10-21(17)4/h7,10-12,14H,5-6,8-9H2,1-4H3. The average Bonchev–Trinajstić information content (AvgIpc) is 2.93. The highest BCUT2D eigenvalue weighted by atomic mass is 15.2. The van der Waals surface area contributed by atoms with Gasteiger partial charge in [0.1, 0.15) is 11.5 Å². The molecular formula is C17H25N5. The summed E-state index contributed by atoms with van der Waals surface area (Å²) in [7, 11) is 2.00. The molecule has 5 nitrogen and oxygen atoms in total. The predicted molar refractivity (Wildman–Crippen MR) is 87.7 cm³/mol. The Hall–Kier alpha value is -1.75. The molecule has 2 aromatic rings. The lowest BCUT2D eigenvalue weighted by Gasteiger charge is -2.34. The molecule has 1 fully saturated rings. The molecule has 0 spiro atoms. The van der Waals surface area contributed by atoms with Crippen LogP contribution in [0.3, 0.4) is 0 Å². The van der Waals surface area contributed by atoms with E-state index in [2.05, 4.69) is 23.7 Å². The smallest absolute Gasteiger partial charge is 0.158 e. The molecule has 0 atom stereocenters. The quantitative estimate of drug-likeness (QED) is 0.874. The van der Waals surface area contributed by atoms with E-state index in [1.54, 1.807) is 0 Å². The van der Waals surface area contributed by atoms with Crippen LogP contribution in [-0.2, 0) is 7.05 Å². The van der Waals surface area contributed by atoms with Crippen LogP contribution in [0.5, 0.6) is 0 Å². The fourth-order valence-corrected chi connectivity index (χ4v) is 3.18. The molecule has 0 aliphatic carbocycles. The van der Waals surface area contributed by atoms with Gasteiger partial charge in [0.05, 0.1) is 0 Å². The molecule has 0 unspecified atom stereocenters. The maximum atomic E-state index is 4.82. The third-order valence-corrected chi connectivity index (χ3v) is 4.55. The van der Waals surface area contributed by atoms with Crippen molar-refractivity contribution >= 4 is 0 Å². The van der Waals surface area contributed by atoms with Crippen LogP contribution in [0, 0.1) is 6.92 Å². The molecule has 1 saturated heterocycles. The van der Waals surface area contributed by atoms with Crippen LogP contribution < -0.4 is 0 Å². The van der Waals surface area contributed by atoms with E-state index in [1.807, 2.05) is 37.0 Å². The lowest BCUT2D eigenvalue weighted by Crippen LogP contribution is -2.38. The minimum absolute atomic E-state index is 0.467. The Morgan fingerprint density at radius 3 is 2.50 bits per heavy atom. The van der Waals surface area contributed by atoms with Crippen LogP contribution in [0.1, 0.15) is 44.1 Å². The van der Waals surface area contributed by atoms with E-state index in [0.29, 0.717) is 12.0 Å². The molecule has 0 bridgehead atoms. The first-order valence-corrected chi connectivity index (χ1v) is 8.12. The fourth-order valence-electron chi connectivity index (χ4n) is 3.18. The van der Waals surface area contributed by atoms with Gasteiger partial charge in [0.25, 0.3) is 0 Å². The normalized spacial score (nSPS) is 17.3. The number of hydrogen-bond acceptors (Lipinski definition) is 4. The first-order chi connectivity index (χ1) is 10.5. The molecule has 2 aromatic heterocycles. The molecule has 1 aliphatic rings. The Morgan fingerprint density at radius 1 is 1.18 bits per heavy atom. The number of nitrogens with zero attached hydrogens (tertiary/aromatic N) is 5. The summed E-state index contributed by atoms with van der Waals surface area (Å²) in [4.78, 5) is 16.5. The lowest BCUT2D eigenvalue weighted by atomic mass is 9.95. The zero-order chi connectivity index (χ0) is 15.7. The van der Waals surface area contributed by atoms with E-state index in [-0.39, 0.29) is 0 Å². The van der Waals surface area contributed by atoms with E-state index >= 15 is 0 Å². The number of rotatable bonds is 3. The van der Waals surface area contributed by atoms with Crippen molar-refractivity contribution in [2.24, 2.45) is 7.05 Å². The Labute approximate surface area is 132 Å². The van der Waals surface area contributed by atoms with Crippen molar-refractivity contribution in [2.45, 2.75) is 45.6 Å². The number of likely N-dealkylation sites (tertiary alicyclic amines) is 1. The number of hydrogen-bond donors (Lipinski definition) is 0. The highest BCUT2D eigenvalue weighted by Gasteiger charge is 2.24. The van der Waals surface area contributed by atoms with Crippen LogP contribution in [-0.4, -0.2) is 43.6 Å². The third-order valence-electron chi connectivity index (χ3n) is 4.55. The minimum atomic E-state index is 0.467. The lowest BCUT2D eigenvalue weighted by molar-refractivity contribution is 0.169. The summed E-state index contributed by atoms with van der Waals surface area (Å²) < 4.78 is 2.01. The van der Waals surface area contributed by atoms with Crippen LogP contribution in [0.15, 0.2) is 18.5 Å². The predicted octanol–water partition coefficient (Wildman–Crippen LogP) is 2.77. The summed E-state index contributed by atoms with van der Waals surface area (Å²) in [6.45, 7) is 8.85. The van der Waals surface area contributed by atoms with Crippen molar-refractivity contribution in [3.63, 3.8) is 0 Å². The molecule has 118 valence electrons. The Balaban J connectivity index is 1.83. The molecule has 3 rings (SSSR count). The van der Waals surface area contributed by atoms with Crippen molar-refractivity contribution in [3.8, 4) is 11.5 Å². The summed E-state index contributed by atoms with van der Waals surface area (Å²) in [5, 5.41) is 0. The van der Waals surface area contributed by atoms with Gasteiger partial charge >= 0.3 is 0 Å². The number of aryl methyl sites for hydroxylation is 2. The van der Waals surface area contributed by atoms with Gasteiger partial charge in [-0.1, -0.05) is 0 Å². The second-order valence-electron chi connectivity index (χ2n) is 6.52. The van der Waals surface area contributed by atoms with Gasteiger partial charge in [0, 0.05) is 37.1 Å². The highest BCUT2D eigenvalue weighted by molar-refractivity contribution is 5.50. The van der Waals surface area contributed by atoms with Crippen molar-refractivity contribution < 1.29 is 0 Å². The van der Waals surface area contributed by atoms with Crippen molar-refractivity contribution in [1.82, 2.24) is 24.4 Å². The molecule has 1 aliphatic heterocycles. The summed E-state index contributed by atoms with van der Waals surface area (Å²) in [5.41, 5.74) is 1.95. The first kappa shape index (κ1) is 15.2. The topological polar surface area (TPSA) is 46.8 Å².